The Hall–Kier alpha value is -1.38. The number of aliphatic carboxylic acids is 1. The molecule has 1 aliphatic rings. The Labute approximate surface area is 84.1 Å². The van der Waals surface area contributed by atoms with Gasteiger partial charge in [-0.1, -0.05) is 23.8 Å². The van der Waals surface area contributed by atoms with E-state index in [2.05, 4.69) is 6.08 Å². The van der Waals surface area contributed by atoms with E-state index in [0.29, 0.717) is 0 Å². The third-order valence-corrected chi connectivity index (χ3v) is 1.86. The molecule has 0 heterocycles. The first-order chi connectivity index (χ1) is 6.39. The fourth-order valence-electron chi connectivity index (χ4n) is 0.926. The van der Waals surface area contributed by atoms with E-state index in [0.717, 1.165) is 19.6 Å². The first-order valence-electron chi connectivity index (χ1n) is 4.41. The molecule has 3 heteroatoms. The lowest BCUT2D eigenvalue weighted by atomic mass is 9.84. The van der Waals surface area contributed by atoms with Gasteiger partial charge in [0.2, 0.25) is 0 Å². The lowest BCUT2D eigenvalue weighted by Crippen LogP contribution is -2.15. The van der Waals surface area contributed by atoms with Gasteiger partial charge < -0.3 is 9.90 Å². The SMILES string of the molecule is CC(=O)O.CC1=CCC(C)(C=O)C=C1. The van der Waals surface area contributed by atoms with Crippen LogP contribution >= 0.6 is 0 Å². The summed E-state index contributed by atoms with van der Waals surface area (Å²) in [5.74, 6) is -0.833. The minimum atomic E-state index is -0.833. The molecular weight excluding hydrogens is 180 g/mol. The van der Waals surface area contributed by atoms with E-state index in [9.17, 15) is 4.79 Å². The van der Waals surface area contributed by atoms with Crippen molar-refractivity contribution < 1.29 is 14.7 Å². The number of carboxylic acids is 1. The van der Waals surface area contributed by atoms with Crippen LogP contribution < -0.4 is 0 Å². The molecule has 1 aliphatic carbocycles. The van der Waals surface area contributed by atoms with Crippen LogP contribution in [0.1, 0.15) is 27.2 Å². The van der Waals surface area contributed by atoms with Gasteiger partial charge in [0.25, 0.3) is 5.97 Å². The summed E-state index contributed by atoms with van der Waals surface area (Å²) in [7, 11) is 0. The first-order valence-corrected chi connectivity index (χ1v) is 4.41. The Morgan fingerprint density at radius 1 is 1.64 bits per heavy atom. The van der Waals surface area contributed by atoms with Crippen molar-refractivity contribution >= 4 is 12.3 Å². The summed E-state index contributed by atoms with van der Waals surface area (Å²) in [4.78, 5) is 19.5. The lowest BCUT2D eigenvalue weighted by Gasteiger charge is -2.19. The summed E-state index contributed by atoms with van der Waals surface area (Å²) in [5.41, 5.74) is 1.01. The van der Waals surface area contributed by atoms with Crippen LogP contribution in [0.5, 0.6) is 0 Å². The molecule has 1 unspecified atom stereocenters. The van der Waals surface area contributed by atoms with Crippen LogP contribution in [-0.2, 0) is 9.59 Å². The molecule has 0 spiro atoms. The second kappa shape index (κ2) is 5.37. The quantitative estimate of drug-likeness (QED) is 0.654. The Bertz CT molecular complexity index is 272. The molecule has 0 amide bonds. The average Bonchev–Trinajstić information content (AvgIpc) is 2.10. The van der Waals surface area contributed by atoms with Crippen LogP contribution in [0.4, 0.5) is 0 Å². The Kier molecular flexibility index (Phi) is 4.84. The summed E-state index contributed by atoms with van der Waals surface area (Å²) < 4.78 is 0. The van der Waals surface area contributed by atoms with E-state index in [-0.39, 0.29) is 5.41 Å². The Morgan fingerprint density at radius 3 is 2.43 bits per heavy atom. The van der Waals surface area contributed by atoms with Gasteiger partial charge in [0.1, 0.15) is 6.29 Å². The fourth-order valence-corrected chi connectivity index (χ4v) is 0.926. The smallest absolute Gasteiger partial charge is 0.300 e. The number of carboxylic acid groups (broad SMARTS) is 1. The topological polar surface area (TPSA) is 54.4 Å². The molecule has 0 aliphatic heterocycles. The molecule has 0 radical (unpaired) electrons. The molecule has 0 saturated carbocycles. The van der Waals surface area contributed by atoms with Crippen molar-refractivity contribution in [3.05, 3.63) is 23.8 Å². The molecule has 0 aromatic carbocycles. The van der Waals surface area contributed by atoms with Crippen molar-refractivity contribution in [1.82, 2.24) is 0 Å². The van der Waals surface area contributed by atoms with E-state index in [1.54, 1.807) is 0 Å². The maximum atomic E-state index is 10.5. The molecule has 0 aromatic heterocycles. The third kappa shape index (κ3) is 5.30. The lowest BCUT2D eigenvalue weighted by molar-refractivity contribution is -0.134. The molecular formula is C11H16O3. The van der Waals surface area contributed by atoms with Crippen LogP contribution in [0.15, 0.2) is 23.8 Å². The highest BCUT2D eigenvalue weighted by Gasteiger charge is 2.19. The van der Waals surface area contributed by atoms with Crippen molar-refractivity contribution in [2.24, 2.45) is 5.41 Å². The van der Waals surface area contributed by atoms with Crippen LogP contribution in [0.3, 0.4) is 0 Å². The van der Waals surface area contributed by atoms with Gasteiger partial charge in [-0.25, -0.2) is 0 Å². The molecule has 1 N–H and O–H groups in total. The molecule has 3 nitrogen and oxygen atoms in total. The maximum Gasteiger partial charge on any atom is 0.300 e. The number of carbonyl (C=O) groups is 2. The molecule has 14 heavy (non-hydrogen) atoms. The molecule has 0 saturated heterocycles. The highest BCUT2D eigenvalue weighted by Crippen LogP contribution is 2.26. The zero-order valence-electron chi connectivity index (χ0n) is 8.78. The third-order valence-electron chi connectivity index (χ3n) is 1.86. The normalized spacial score (nSPS) is 24.4. The summed E-state index contributed by atoms with van der Waals surface area (Å²) >= 11 is 0. The number of rotatable bonds is 1. The fraction of sp³-hybridized carbons (Fsp3) is 0.455. The second-order valence-corrected chi connectivity index (χ2v) is 3.63. The standard InChI is InChI=1S/C9H12O.C2H4O2/c1-8-3-5-9(2,7-10)6-4-8;1-2(3)4/h3-5,7H,6H2,1-2H3;1H3,(H,3,4). The Morgan fingerprint density at radius 2 is 2.14 bits per heavy atom. The number of hydrogen-bond acceptors (Lipinski definition) is 2. The van der Waals surface area contributed by atoms with Gasteiger partial charge in [-0.3, -0.25) is 4.79 Å². The van der Waals surface area contributed by atoms with Crippen molar-refractivity contribution in [3.63, 3.8) is 0 Å². The zero-order chi connectivity index (χ0) is 11.2. The van der Waals surface area contributed by atoms with E-state index in [1.165, 1.54) is 5.57 Å². The van der Waals surface area contributed by atoms with E-state index < -0.39 is 5.97 Å². The van der Waals surface area contributed by atoms with Crippen LogP contribution in [0, 0.1) is 5.41 Å². The van der Waals surface area contributed by atoms with Gasteiger partial charge in [0.05, 0.1) is 0 Å². The summed E-state index contributed by atoms with van der Waals surface area (Å²) in [5, 5.41) is 7.42. The maximum absolute atomic E-state index is 10.5. The molecule has 0 fully saturated rings. The summed E-state index contributed by atoms with van der Waals surface area (Å²) in [6.07, 6.45) is 7.91. The van der Waals surface area contributed by atoms with Crippen molar-refractivity contribution in [3.8, 4) is 0 Å². The number of hydrogen-bond donors (Lipinski definition) is 1. The van der Waals surface area contributed by atoms with Gasteiger partial charge in [-0.15, -0.1) is 0 Å². The average molecular weight is 196 g/mol. The minimum absolute atomic E-state index is 0.237. The minimum Gasteiger partial charge on any atom is -0.481 e. The van der Waals surface area contributed by atoms with Gasteiger partial charge >= 0.3 is 0 Å². The number of aldehydes is 1. The van der Waals surface area contributed by atoms with Gasteiger partial charge in [-0.2, -0.15) is 0 Å². The van der Waals surface area contributed by atoms with Crippen molar-refractivity contribution in [2.45, 2.75) is 27.2 Å². The number of carbonyl (C=O) groups excluding carboxylic acids is 1. The monoisotopic (exact) mass is 196 g/mol. The highest BCUT2D eigenvalue weighted by molar-refractivity contribution is 5.63. The van der Waals surface area contributed by atoms with Crippen molar-refractivity contribution in [2.75, 3.05) is 0 Å². The van der Waals surface area contributed by atoms with E-state index >= 15 is 0 Å². The largest absolute Gasteiger partial charge is 0.481 e. The first kappa shape index (κ1) is 12.6. The molecule has 78 valence electrons. The van der Waals surface area contributed by atoms with Gasteiger partial charge in [0.15, 0.2) is 0 Å². The molecule has 1 rings (SSSR count). The van der Waals surface area contributed by atoms with Crippen LogP contribution in [0.25, 0.3) is 0 Å². The highest BCUT2D eigenvalue weighted by atomic mass is 16.4. The van der Waals surface area contributed by atoms with Crippen LogP contribution in [0.2, 0.25) is 0 Å². The summed E-state index contributed by atoms with van der Waals surface area (Å²) in [6.45, 7) is 5.07. The molecule has 0 bridgehead atoms. The van der Waals surface area contributed by atoms with E-state index in [1.807, 2.05) is 26.0 Å². The zero-order valence-corrected chi connectivity index (χ0v) is 8.78. The van der Waals surface area contributed by atoms with E-state index in [4.69, 9.17) is 9.90 Å². The second-order valence-electron chi connectivity index (χ2n) is 3.63. The predicted molar refractivity (Wildman–Crippen MR) is 55.0 cm³/mol. The van der Waals surface area contributed by atoms with Crippen LogP contribution in [-0.4, -0.2) is 17.4 Å². The number of allylic oxidation sites excluding steroid dienone is 4. The van der Waals surface area contributed by atoms with Crippen molar-refractivity contribution in [1.29, 1.82) is 0 Å². The van der Waals surface area contributed by atoms with Gasteiger partial charge in [0, 0.05) is 12.3 Å². The van der Waals surface area contributed by atoms with Gasteiger partial charge in [-0.05, 0) is 20.3 Å². The molecule has 1 atom stereocenters. The Balaban J connectivity index is 0.000000364. The molecule has 0 aromatic rings. The summed E-state index contributed by atoms with van der Waals surface area (Å²) in [6, 6.07) is 0. The predicted octanol–water partition coefficient (Wildman–Crippen LogP) is 2.19.